The zero-order valence-electron chi connectivity index (χ0n) is 5.66. The van der Waals surface area contributed by atoms with Crippen molar-refractivity contribution in [3.63, 3.8) is 0 Å². The van der Waals surface area contributed by atoms with Crippen LogP contribution in [0.5, 0.6) is 0 Å². The standard InChI is InChI=1S/C7H10NO/c1-6-3-4-7(2)8(9)5-6/h3-5,7H,1-2H3/q-1. The van der Waals surface area contributed by atoms with E-state index in [-0.39, 0.29) is 6.04 Å². The fourth-order valence-corrected chi connectivity index (χ4v) is 0.737. The minimum absolute atomic E-state index is 0.00806. The maximum atomic E-state index is 10.8. The van der Waals surface area contributed by atoms with Crippen LogP contribution in [0.2, 0.25) is 0 Å². The fraction of sp³-hybridized carbons (Fsp3) is 0.429. The molecule has 1 rings (SSSR count). The van der Waals surface area contributed by atoms with E-state index in [1.807, 2.05) is 26.0 Å². The highest BCUT2D eigenvalue weighted by molar-refractivity contribution is 5.22. The molecule has 9 heavy (non-hydrogen) atoms. The molecule has 0 spiro atoms. The quantitative estimate of drug-likeness (QED) is 0.490. The van der Waals surface area contributed by atoms with Crippen LogP contribution in [0.25, 0.3) is 0 Å². The Balaban J connectivity index is 2.70. The third-order valence-corrected chi connectivity index (χ3v) is 1.37. The zero-order valence-corrected chi connectivity index (χ0v) is 5.66. The van der Waals surface area contributed by atoms with Crippen molar-refractivity contribution in [2.45, 2.75) is 19.9 Å². The van der Waals surface area contributed by atoms with Gasteiger partial charge in [0, 0.05) is 6.04 Å². The van der Waals surface area contributed by atoms with Crippen LogP contribution in [0.15, 0.2) is 23.9 Å². The van der Waals surface area contributed by atoms with Crippen LogP contribution in [-0.4, -0.2) is 11.1 Å². The Morgan fingerprint density at radius 2 is 2.33 bits per heavy atom. The van der Waals surface area contributed by atoms with Crippen molar-refractivity contribution in [1.82, 2.24) is 5.06 Å². The van der Waals surface area contributed by atoms with Gasteiger partial charge in [-0.2, -0.15) is 0 Å². The van der Waals surface area contributed by atoms with Gasteiger partial charge in [0.05, 0.1) is 0 Å². The Hall–Kier alpha value is -0.760. The van der Waals surface area contributed by atoms with Gasteiger partial charge in [-0.25, -0.2) is 0 Å². The highest BCUT2D eigenvalue weighted by Gasteiger charge is 1.99. The molecule has 50 valence electrons. The summed E-state index contributed by atoms with van der Waals surface area (Å²) in [5.74, 6) is 0. The molecular weight excluding hydrogens is 114 g/mol. The minimum atomic E-state index is 0.00806. The Bertz CT molecular complexity index is 160. The van der Waals surface area contributed by atoms with E-state index in [9.17, 15) is 5.21 Å². The second-order valence-electron chi connectivity index (χ2n) is 2.33. The molecule has 1 heterocycles. The van der Waals surface area contributed by atoms with Crippen LogP contribution in [0.1, 0.15) is 13.8 Å². The lowest BCUT2D eigenvalue weighted by molar-refractivity contribution is 0.446. The first-order valence-electron chi connectivity index (χ1n) is 3.02. The summed E-state index contributed by atoms with van der Waals surface area (Å²) in [6, 6.07) is 0.00806. The Kier molecular flexibility index (Phi) is 1.58. The van der Waals surface area contributed by atoms with E-state index in [1.165, 1.54) is 0 Å². The first-order chi connectivity index (χ1) is 4.20. The SMILES string of the molecule is CC1=CN([O-])C(C)C=C1. The van der Waals surface area contributed by atoms with Crippen molar-refractivity contribution in [2.75, 3.05) is 0 Å². The molecule has 0 aromatic heterocycles. The van der Waals surface area contributed by atoms with Gasteiger partial charge in [0.15, 0.2) is 0 Å². The lowest BCUT2D eigenvalue weighted by atomic mass is 10.2. The first-order valence-corrected chi connectivity index (χ1v) is 3.02. The van der Waals surface area contributed by atoms with Gasteiger partial charge < -0.3 is 10.3 Å². The highest BCUT2D eigenvalue weighted by atomic mass is 16.5. The predicted molar refractivity (Wildman–Crippen MR) is 37.6 cm³/mol. The van der Waals surface area contributed by atoms with Gasteiger partial charge in [0.25, 0.3) is 0 Å². The van der Waals surface area contributed by atoms with Gasteiger partial charge in [-0.1, -0.05) is 12.2 Å². The summed E-state index contributed by atoms with van der Waals surface area (Å²) in [6.07, 6.45) is 5.45. The van der Waals surface area contributed by atoms with Crippen LogP contribution in [0, 0.1) is 5.21 Å². The van der Waals surface area contributed by atoms with Crippen LogP contribution < -0.4 is 0 Å². The lowest BCUT2D eigenvalue weighted by Crippen LogP contribution is -2.21. The summed E-state index contributed by atoms with van der Waals surface area (Å²) >= 11 is 0. The number of rotatable bonds is 0. The molecule has 1 aliphatic heterocycles. The van der Waals surface area contributed by atoms with Crippen LogP contribution >= 0.6 is 0 Å². The third kappa shape index (κ3) is 1.33. The molecule has 0 aromatic carbocycles. The van der Waals surface area contributed by atoms with E-state index in [1.54, 1.807) is 6.20 Å². The van der Waals surface area contributed by atoms with Crippen LogP contribution in [0.4, 0.5) is 0 Å². The van der Waals surface area contributed by atoms with Gasteiger partial charge in [-0.15, -0.1) is 0 Å². The fourth-order valence-electron chi connectivity index (χ4n) is 0.737. The molecule has 2 nitrogen and oxygen atoms in total. The summed E-state index contributed by atoms with van der Waals surface area (Å²) < 4.78 is 0. The predicted octanol–water partition coefficient (Wildman–Crippen LogP) is 1.65. The van der Waals surface area contributed by atoms with Gasteiger partial charge in [-0.05, 0) is 25.6 Å². The molecule has 0 amide bonds. The van der Waals surface area contributed by atoms with Crippen LogP contribution in [0.3, 0.4) is 0 Å². The number of hydrogen-bond acceptors (Lipinski definition) is 2. The third-order valence-electron chi connectivity index (χ3n) is 1.37. The van der Waals surface area contributed by atoms with E-state index in [0.29, 0.717) is 0 Å². The Morgan fingerprint density at radius 3 is 2.78 bits per heavy atom. The number of hydrogen-bond donors (Lipinski definition) is 0. The van der Waals surface area contributed by atoms with Crippen molar-refractivity contribution in [1.29, 1.82) is 0 Å². The largest absolute Gasteiger partial charge is 0.758 e. The molecule has 1 atom stereocenters. The number of nitrogens with zero attached hydrogens (tertiary/aromatic N) is 1. The summed E-state index contributed by atoms with van der Waals surface area (Å²) in [7, 11) is 0. The average molecular weight is 124 g/mol. The van der Waals surface area contributed by atoms with E-state index in [4.69, 9.17) is 0 Å². The maximum Gasteiger partial charge on any atom is 0.0330 e. The van der Waals surface area contributed by atoms with Crippen molar-refractivity contribution in [2.24, 2.45) is 0 Å². The smallest absolute Gasteiger partial charge is 0.0330 e. The molecule has 1 unspecified atom stereocenters. The molecule has 0 bridgehead atoms. The maximum absolute atomic E-state index is 10.8. The summed E-state index contributed by atoms with van der Waals surface area (Å²) in [5, 5.41) is 11.7. The topological polar surface area (TPSA) is 26.3 Å². The van der Waals surface area contributed by atoms with Gasteiger partial charge in [0.1, 0.15) is 0 Å². The molecule has 0 saturated heterocycles. The molecule has 0 radical (unpaired) electrons. The molecule has 0 N–H and O–H groups in total. The van der Waals surface area contributed by atoms with Crippen LogP contribution in [-0.2, 0) is 0 Å². The van der Waals surface area contributed by atoms with E-state index >= 15 is 0 Å². The molecule has 0 aromatic rings. The number of allylic oxidation sites excluding steroid dienone is 2. The van der Waals surface area contributed by atoms with E-state index in [0.717, 1.165) is 10.6 Å². The van der Waals surface area contributed by atoms with E-state index < -0.39 is 0 Å². The first kappa shape index (κ1) is 6.36. The molecule has 2 heteroatoms. The lowest BCUT2D eigenvalue weighted by Gasteiger charge is -2.34. The normalized spacial score (nSPS) is 26.3. The second-order valence-corrected chi connectivity index (χ2v) is 2.33. The van der Waals surface area contributed by atoms with Crippen molar-refractivity contribution < 1.29 is 0 Å². The molecular formula is C7H10NO-. The molecule has 0 aliphatic carbocycles. The van der Waals surface area contributed by atoms with Gasteiger partial charge in [0.2, 0.25) is 0 Å². The summed E-state index contributed by atoms with van der Waals surface area (Å²) in [6.45, 7) is 3.78. The molecule has 0 saturated carbocycles. The van der Waals surface area contributed by atoms with Gasteiger partial charge in [-0.3, -0.25) is 0 Å². The second kappa shape index (κ2) is 2.23. The Morgan fingerprint density at radius 1 is 1.67 bits per heavy atom. The monoisotopic (exact) mass is 124 g/mol. The Labute approximate surface area is 55.1 Å². The average Bonchev–Trinajstić information content (AvgIpc) is 1.80. The van der Waals surface area contributed by atoms with Gasteiger partial charge >= 0.3 is 0 Å². The molecule has 0 fully saturated rings. The number of hydroxylamine groups is 2. The summed E-state index contributed by atoms with van der Waals surface area (Å²) in [5.41, 5.74) is 1.02. The van der Waals surface area contributed by atoms with E-state index in [2.05, 4.69) is 0 Å². The zero-order chi connectivity index (χ0) is 6.85. The molecule has 1 aliphatic rings. The minimum Gasteiger partial charge on any atom is -0.758 e. The highest BCUT2D eigenvalue weighted by Crippen LogP contribution is 2.10. The van der Waals surface area contributed by atoms with Crippen molar-refractivity contribution >= 4 is 0 Å². The summed E-state index contributed by atoms with van der Waals surface area (Å²) in [4.78, 5) is 0. The van der Waals surface area contributed by atoms with Crippen molar-refractivity contribution in [3.8, 4) is 0 Å². The van der Waals surface area contributed by atoms with Crippen molar-refractivity contribution in [3.05, 3.63) is 29.1 Å².